The van der Waals surface area contributed by atoms with Crippen LogP contribution in [0.5, 0.6) is 0 Å². The number of piperidine rings is 1. The first kappa shape index (κ1) is 14.0. The fourth-order valence-corrected chi connectivity index (χ4v) is 3.93. The maximum Gasteiger partial charge on any atom is 0.243 e. The van der Waals surface area contributed by atoms with Crippen molar-refractivity contribution in [3.63, 3.8) is 0 Å². The van der Waals surface area contributed by atoms with Gasteiger partial charge in [0.2, 0.25) is 10.0 Å². The molecule has 2 rings (SSSR count). The van der Waals surface area contributed by atoms with Crippen molar-refractivity contribution in [2.45, 2.75) is 29.2 Å². The van der Waals surface area contributed by atoms with Gasteiger partial charge < -0.3 is 5.11 Å². The quantitative estimate of drug-likeness (QED) is 0.857. The molecule has 0 bridgehead atoms. The molecule has 0 radical (unpaired) electrons. The van der Waals surface area contributed by atoms with E-state index in [1.807, 2.05) is 0 Å². The molecule has 1 aliphatic rings. The number of hydrogen-bond donors (Lipinski definition) is 1. The first-order chi connectivity index (χ1) is 8.54. The summed E-state index contributed by atoms with van der Waals surface area (Å²) in [6, 6.07) is 6.82. The van der Waals surface area contributed by atoms with Crippen LogP contribution >= 0.6 is 15.9 Å². The van der Waals surface area contributed by atoms with Crippen molar-refractivity contribution in [2.24, 2.45) is 0 Å². The molecule has 0 aromatic heterocycles. The Kier molecular flexibility index (Phi) is 4.42. The van der Waals surface area contributed by atoms with Crippen LogP contribution in [0.15, 0.2) is 29.2 Å². The Bertz CT molecular complexity index is 501. The van der Waals surface area contributed by atoms with E-state index in [4.69, 9.17) is 0 Å². The van der Waals surface area contributed by atoms with Crippen molar-refractivity contribution < 1.29 is 13.5 Å². The molecule has 1 aliphatic heterocycles. The monoisotopic (exact) mass is 333 g/mol. The van der Waals surface area contributed by atoms with Gasteiger partial charge in [-0.15, -0.1) is 0 Å². The molecule has 6 heteroatoms. The number of hydrogen-bond acceptors (Lipinski definition) is 3. The topological polar surface area (TPSA) is 57.6 Å². The van der Waals surface area contributed by atoms with Gasteiger partial charge in [0.15, 0.2) is 0 Å². The number of alkyl halides is 1. The smallest absolute Gasteiger partial charge is 0.243 e. The molecule has 100 valence electrons. The van der Waals surface area contributed by atoms with E-state index in [1.54, 1.807) is 24.3 Å². The summed E-state index contributed by atoms with van der Waals surface area (Å²) < 4.78 is 26.0. The van der Waals surface area contributed by atoms with Crippen molar-refractivity contribution >= 4 is 26.0 Å². The second-order valence-corrected chi connectivity index (χ2v) is 6.94. The molecule has 0 unspecified atom stereocenters. The van der Waals surface area contributed by atoms with Crippen LogP contribution in [0.3, 0.4) is 0 Å². The minimum absolute atomic E-state index is 0.197. The first-order valence-electron chi connectivity index (χ1n) is 5.87. The van der Waals surface area contributed by atoms with Gasteiger partial charge in [0, 0.05) is 18.4 Å². The maximum absolute atomic E-state index is 12.3. The predicted molar refractivity (Wildman–Crippen MR) is 73.1 cm³/mol. The van der Waals surface area contributed by atoms with Crippen LogP contribution in [0.1, 0.15) is 18.4 Å². The van der Waals surface area contributed by atoms with Gasteiger partial charge in [0.25, 0.3) is 0 Å². The van der Waals surface area contributed by atoms with Gasteiger partial charge >= 0.3 is 0 Å². The van der Waals surface area contributed by atoms with Crippen molar-refractivity contribution in [1.29, 1.82) is 0 Å². The fraction of sp³-hybridized carbons (Fsp3) is 0.500. The standard InChI is InChI=1S/C12H16BrNO3S/c13-8-10-3-5-12(6-4-10)18(16,17)14-7-1-2-11(15)9-14/h3-6,11,15H,1-2,7-9H2/t11-/m0/s1. The third kappa shape index (κ3) is 2.93. The van der Waals surface area contributed by atoms with E-state index in [0.29, 0.717) is 29.6 Å². The zero-order valence-electron chi connectivity index (χ0n) is 9.92. The van der Waals surface area contributed by atoms with Gasteiger partial charge in [-0.25, -0.2) is 8.42 Å². The van der Waals surface area contributed by atoms with Gasteiger partial charge in [-0.1, -0.05) is 28.1 Å². The Balaban J connectivity index is 2.23. The molecule has 1 atom stereocenters. The van der Waals surface area contributed by atoms with Gasteiger partial charge in [-0.2, -0.15) is 4.31 Å². The normalized spacial score (nSPS) is 22.0. The lowest BCUT2D eigenvalue weighted by molar-refractivity contribution is 0.108. The molecule has 1 aromatic rings. The third-order valence-corrected chi connectivity index (χ3v) is 5.60. The van der Waals surface area contributed by atoms with Crippen LogP contribution in [0.25, 0.3) is 0 Å². The van der Waals surface area contributed by atoms with Crippen LogP contribution in [0, 0.1) is 0 Å². The largest absolute Gasteiger partial charge is 0.392 e. The molecule has 18 heavy (non-hydrogen) atoms. The zero-order valence-corrected chi connectivity index (χ0v) is 12.3. The molecule has 1 N–H and O–H groups in total. The molecule has 1 aromatic carbocycles. The maximum atomic E-state index is 12.3. The SMILES string of the molecule is O=S(=O)(c1ccc(CBr)cc1)N1CCC[C@H](O)C1. The zero-order chi connectivity index (χ0) is 13.2. The van der Waals surface area contributed by atoms with Gasteiger partial charge in [-0.05, 0) is 30.5 Å². The molecule has 1 saturated heterocycles. The average molecular weight is 334 g/mol. The summed E-state index contributed by atoms with van der Waals surface area (Å²) >= 11 is 3.32. The van der Waals surface area contributed by atoms with Crippen LogP contribution in [0.2, 0.25) is 0 Å². The second kappa shape index (κ2) is 5.69. The Labute approximate surface area is 116 Å². The number of benzene rings is 1. The first-order valence-corrected chi connectivity index (χ1v) is 8.43. The summed E-state index contributed by atoms with van der Waals surface area (Å²) in [5.74, 6) is 0. The molecule has 0 spiro atoms. The number of β-amino-alcohol motifs (C(OH)–C–C–N with tert-alkyl or cyclic N) is 1. The summed E-state index contributed by atoms with van der Waals surface area (Å²) in [6.07, 6.45) is 0.837. The van der Waals surface area contributed by atoms with E-state index < -0.39 is 16.1 Å². The summed E-state index contributed by atoms with van der Waals surface area (Å²) in [4.78, 5) is 0.293. The fourth-order valence-electron chi connectivity index (χ4n) is 2.04. The van der Waals surface area contributed by atoms with E-state index in [9.17, 15) is 13.5 Å². The number of nitrogens with zero attached hydrogens (tertiary/aromatic N) is 1. The highest BCUT2D eigenvalue weighted by Gasteiger charge is 2.29. The number of sulfonamides is 1. The number of aliphatic hydroxyl groups excluding tert-OH is 1. The van der Waals surface area contributed by atoms with Gasteiger partial charge in [-0.3, -0.25) is 0 Å². The molecule has 1 heterocycles. The third-order valence-electron chi connectivity index (χ3n) is 3.07. The van der Waals surface area contributed by atoms with Crippen LogP contribution in [0.4, 0.5) is 0 Å². The highest BCUT2D eigenvalue weighted by molar-refractivity contribution is 9.08. The van der Waals surface area contributed by atoms with E-state index in [0.717, 1.165) is 5.56 Å². The lowest BCUT2D eigenvalue weighted by Crippen LogP contribution is -2.42. The summed E-state index contributed by atoms with van der Waals surface area (Å²) in [5.41, 5.74) is 1.03. The molecular formula is C12H16BrNO3S. The van der Waals surface area contributed by atoms with E-state index in [2.05, 4.69) is 15.9 Å². The minimum Gasteiger partial charge on any atom is -0.392 e. The summed E-state index contributed by atoms with van der Waals surface area (Å²) in [6.45, 7) is 0.683. The highest BCUT2D eigenvalue weighted by atomic mass is 79.9. The summed E-state index contributed by atoms with van der Waals surface area (Å²) in [7, 11) is -3.46. The van der Waals surface area contributed by atoms with Crippen molar-refractivity contribution in [3.05, 3.63) is 29.8 Å². The lowest BCUT2D eigenvalue weighted by atomic mass is 10.1. The van der Waals surface area contributed by atoms with E-state index >= 15 is 0 Å². The Morgan fingerprint density at radius 2 is 2.00 bits per heavy atom. The molecule has 1 fully saturated rings. The Morgan fingerprint density at radius 3 is 2.56 bits per heavy atom. The van der Waals surface area contributed by atoms with Gasteiger partial charge in [0.05, 0.1) is 11.0 Å². The second-order valence-electron chi connectivity index (χ2n) is 4.44. The number of rotatable bonds is 3. The number of halogens is 1. The van der Waals surface area contributed by atoms with Crippen molar-refractivity contribution in [1.82, 2.24) is 4.31 Å². The average Bonchev–Trinajstić information content (AvgIpc) is 2.39. The van der Waals surface area contributed by atoms with E-state index in [1.165, 1.54) is 4.31 Å². The molecule has 4 nitrogen and oxygen atoms in total. The van der Waals surface area contributed by atoms with Crippen LogP contribution < -0.4 is 0 Å². The predicted octanol–water partition coefficient (Wildman–Crippen LogP) is 1.73. The Hall–Kier alpha value is -0.430. The minimum atomic E-state index is -3.46. The van der Waals surface area contributed by atoms with Crippen molar-refractivity contribution in [2.75, 3.05) is 13.1 Å². The van der Waals surface area contributed by atoms with Crippen LogP contribution in [-0.2, 0) is 15.4 Å². The molecule has 0 amide bonds. The van der Waals surface area contributed by atoms with E-state index in [-0.39, 0.29) is 6.54 Å². The Morgan fingerprint density at radius 1 is 1.33 bits per heavy atom. The molecular weight excluding hydrogens is 318 g/mol. The molecule has 0 saturated carbocycles. The van der Waals surface area contributed by atoms with Gasteiger partial charge in [0.1, 0.15) is 0 Å². The lowest BCUT2D eigenvalue weighted by Gasteiger charge is -2.29. The number of aliphatic hydroxyl groups is 1. The molecule has 0 aliphatic carbocycles. The summed E-state index contributed by atoms with van der Waals surface area (Å²) in [5, 5.41) is 10.3. The highest BCUT2D eigenvalue weighted by Crippen LogP contribution is 2.21. The van der Waals surface area contributed by atoms with Crippen molar-refractivity contribution in [3.8, 4) is 0 Å². The van der Waals surface area contributed by atoms with Crippen LogP contribution in [-0.4, -0.2) is 37.0 Å².